The Kier molecular flexibility index (Phi) is 22.3. The number of azo groups is 1. The molecule has 21 heteroatoms. The van der Waals surface area contributed by atoms with Gasteiger partial charge in [0, 0.05) is 5.56 Å². The fourth-order valence-corrected chi connectivity index (χ4v) is 3.65. The number of phosphoric acid groups is 1. The first-order chi connectivity index (χ1) is 14.9. The molecule has 2 aromatic carbocycles. The molecular formula is C15H11N2Na4O12PS2. The number of phenols is 1. The van der Waals surface area contributed by atoms with Crippen LogP contribution in [0.4, 0.5) is 11.4 Å². The van der Waals surface area contributed by atoms with E-state index in [4.69, 9.17) is 0 Å². The number of aromatic hydroxyl groups is 1. The molecule has 36 heavy (non-hydrogen) atoms. The van der Waals surface area contributed by atoms with Crippen molar-refractivity contribution in [1.29, 1.82) is 0 Å². The van der Waals surface area contributed by atoms with Crippen LogP contribution in [0.1, 0.15) is 21.5 Å². The molecule has 0 bridgehead atoms. The fourth-order valence-electron chi connectivity index (χ4n) is 2.32. The van der Waals surface area contributed by atoms with Crippen molar-refractivity contribution in [2.75, 3.05) is 0 Å². The largest absolute Gasteiger partial charge is 1.00 e. The summed E-state index contributed by atoms with van der Waals surface area (Å²) in [6.07, 6.45) is 0.190. The Morgan fingerprint density at radius 2 is 1.69 bits per heavy atom. The van der Waals surface area contributed by atoms with Crippen LogP contribution in [-0.4, -0.2) is 24.4 Å². The van der Waals surface area contributed by atoms with E-state index in [1.807, 2.05) is 0 Å². The fraction of sp³-hybridized carbons (Fsp3) is 0.133. The summed E-state index contributed by atoms with van der Waals surface area (Å²) in [4.78, 5) is 32.2. The average molecular weight is 598 g/mol. The minimum absolute atomic E-state index is 0. The van der Waals surface area contributed by atoms with Gasteiger partial charge in [-0.3, -0.25) is 9.83 Å². The first kappa shape index (κ1) is 42.2. The molecule has 0 aliphatic rings. The molecule has 0 radical (unpaired) electrons. The summed E-state index contributed by atoms with van der Waals surface area (Å²) in [5.41, 5.74) is -0.872. The third-order valence-corrected chi connectivity index (χ3v) is 5.64. The Labute approximate surface area is 298 Å². The smallest absolute Gasteiger partial charge is 0.790 e. The van der Waals surface area contributed by atoms with Gasteiger partial charge in [0.1, 0.15) is 21.6 Å². The number of carbonyl (C=O) groups excluding carboxylic acids is 1. The van der Waals surface area contributed by atoms with Crippen molar-refractivity contribution in [1.82, 2.24) is 0 Å². The zero-order valence-corrected chi connectivity index (χ0v) is 30.2. The van der Waals surface area contributed by atoms with Crippen LogP contribution in [0.3, 0.4) is 0 Å². The minimum atomic E-state index is -5.45. The Balaban J connectivity index is -0.00000272. The number of benzene rings is 2. The van der Waals surface area contributed by atoms with Crippen molar-refractivity contribution in [2.24, 2.45) is 10.2 Å². The summed E-state index contributed by atoms with van der Waals surface area (Å²) in [7, 11) is -10.3. The third kappa shape index (κ3) is 13.0. The summed E-state index contributed by atoms with van der Waals surface area (Å²) in [5, 5.41) is 30.9. The Morgan fingerprint density at radius 3 is 2.19 bits per heavy atom. The number of rotatable bonds is 10. The van der Waals surface area contributed by atoms with Gasteiger partial charge in [0.2, 0.25) is 0 Å². The van der Waals surface area contributed by atoms with Gasteiger partial charge in [0.25, 0.3) is 0 Å². The molecule has 0 spiro atoms. The van der Waals surface area contributed by atoms with E-state index in [1.165, 1.54) is 13.0 Å². The Hall–Kier alpha value is 1.76. The summed E-state index contributed by atoms with van der Waals surface area (Å²) in [6, 6.07) is 3.96. The average Bonchev–Trinajstić information content (AvgIpc) is 2.70. The minimum Gasteiger partial charge on any atom is -0.790 e. The van der Waals surface area contributed by atoms with Gasteiger partial charge in [-0.15, -0.1) is 5.11 Å². The van der Waals surface area contributed by atoms with Crippen molar-refractivity contribution >= 4 is 47.6 Å². The molecule has 14 nitrogen and oxygen atoms in total. The van der Waals surface area contributed by atoms with Crippen LogP contribution in [0.5, 0.6) is 5.75 Å². The van der Waals surface area contributed by atoms with Crippen molar-refractivity contribution in [3.05, 3.63) is 41.0 Å². The maximum Gasteiger partial charge on any atom is 1.00 e. The second-order valence-corrected chi connectivity index (χ2v) is 9.07. The first-order valence-corrected chi connectivity index (χ1v) is 11.6. The van der Waals surface area contributed by atoms with Crippen molar-refractivity contribution in [2.45, 2.75) is 23.3 Å². The first-order valence-electron chi connectivity index (χ1n) is 7.99. The molecular weight excluding hydrogens is 587 g/mol. The number of nitrogens with zero attached hydrogens (tertiary/aromatic N) is 2. The predicted molar refractivity (Wildman–Crippen MR) is 97.2 cm³/mol. The third-order valence-electron chi connectivity index (χ3n) is 3.74. The van der Waals surface area contributed by atoms with Crippen molar-refractivity contribution in [3.8, 4) is 5.75 Å². The van der Waals surface area contributed by atoms with E-state index in [0.717, 1.165) is 18.2 Å². The quantitative estimate of drug-likeness (QED) is 0.0392. The molecule has 1 N–H and O–H groups in total. The van der Waals surface area contributed by atoms with Gasteiger partial charge < -0.3 is 33.8 Å². The van der Waals surface area contributed by atoms with Gasteiger partial charge in [0.05, 0.1) is 47.5 Å². The molecule has 0 aromatic heterocycles. The molecule has 0 saturated heterocycles. The van der Waals surface area contributed by atoms with Gasteiger partial charge >= 0.3 is 118 Å². The van der Waals surface area contributed by atoms with E-state index in [1.54, 1.807) is 0 Å². The van der Waals surface area contributed by atoms with Crippen LogP contribution >= 0.6 is 19.9 Å². The molecule has 0 amide bonds. The van der Waals surface area contributed by atoms with Crippen molar-refractivity contribution < 1.29 is 175 Å². The number of phenolic OH excluding ortho intramolecular Hbond substituents is 1. The van der Waals surface area contributed by atoms with Gasteiger partial charge in [-0.05, 0) is 36.8 Å². The van der Waals surface area contributed by atoms with E-state index < -0.39 is 40.8 Å². The van der Waals surface area contributed by atoms with Gasteiger partial charge in [-0.2, -0.15) is 9.45 Å². The standard InChI is InChI=1S/C15H15N2O12PS2.4Na/c1-8-4-13(11(7-27-30(21,22)23)10(6-18)15(8)19)17-16-12-3-2-9(32(24,25)26)5-14(12)31-29-28-20;;;;/h2-6,19-20H,7H2,1H3,(H2,21,22,23)(H,24,25,26);;;;/q;4*+1/p-4. The monoisotopic (exact) mass is 598 g/mol. The zero-order chi connectivity index (χ0) is 24.1. The van der Waals surface area contributed by atoms with E-state index in [0.29, 0.717) is 0 Å². The number of carbonyl (C=O) groups is 1. The van der Waals surface area contributed by atoms with Crippen LogP contribution in [0.2, 0.25) is 0 Å². The maximum atomic E-state index is 11.4. The number of aldehydes is 1. The van der Waals surface area contributed by atoms with Crippen LogP contribution in [-0.2, 0) is 35.2 Å². The molecule has 0 fully saturated rings. The van der Waals surface area contributed by atoms with Gasteiger partial charge in [0.15, 0.2) is 6.29 Å². The number of hydrogen-bond donors (Lipinski definition) is 1. The van der Waals surface area contributed by atoms with E-state index >= 15 is 0 Å². The van der Waals surface area contributed by atoms with E-state index in [9.17, 15) is 42.5 Å². The zero-order valence-electron chi connectivity index (χ0n) is 19.7. The molecule has 2 aromatic rings. The van der Waals surface area contributed by atoms with Crippen LogP contribution in [0.25, 0.3) is 0 Å². The van der Waals surface area contributed by atoms with Gasteiger partial charge in [-0.25, -0.2) is 8.42 Å². The summed E-state index contributed by atoms with van der Waals surface area (Å²) >= 11 is 0.211. The maximum absolute atomic E-state index is 11.4. The SMILES string of the molecule is Cc1cc(N=Nc2ccc(S(=O)(=O)[O-])cc2SOO[O-])c(COP(=O)([O-])[O-])c(C=O)c1O.[Na+].[Na+].[Na+].[Na+]. The normalized spacial score (nSPS) is 11.0. The molecule has 0 atom stereocenters. The molecule has 0 saturated carbocycles. The summed E-state index contributed by atoms with van der Waals surface area (Å²) < 4.78 is 52.7. The van der Waals surface area contributed by atoms with Crippen LogP contribution in [0, 0.1) is 6.92 Å². The molecule has 0 unspecified atom stereocenters. The topological polar surface area (TPSA) is 233 Å². The molecule has 0 aliphatic carbocycles. The van der Waals surface area contributed by atoms with E-state index in [-0.39, 0.29) is 164 Å². The van der Waals surface area contributed by atoms with Crippen LogP contribution < -0.4 is 133 Å². The molecule has 0 aliphatic heterocycles. The molecule has 174 valence electrons. The summed E-state index contributed by atoms with van der Waals surface area (Å²) in [6.45, 7) is 0.454. The van der Waals surface area contributed by atoms with Crippen LogP contribution in [0.15, 0.2) is 44.3 Å². The van der Waals surface area contributed by atoms with Gasteiger partial charge in [-0.1, -0.05) is 0 Å². The second-order valence-electron chi connectivity index (χ2n) is 5.79. The summed E-state index contributed by atoms with van der Waals surface area (Å²) in [5.74, 6) is -0.508. The van der Waals surface area contributed by atoms with Crippen molar-refractivity contribution in [3.63, 3.8) is 0 Å². The molecule has 2 rings (SSSR count). The Bertz CT molecular complexity index is 1210. The second kappa shape index (κ2) is 19.0. The number of aryl methyl sites for hydroxylation is 1. The number of hydrogen-bond acceptors (Lipinski definition) is 15. The molecule has 0 heterocycles. The van der Waals surface area contributed by atoms with E-state index in [2.05, 4.69) is 24.1 Å². The number of phosphoric ester groups is 1. The Morgan fingerprint density at radius 1 is 1.11 bits per heavy atom. The predicted octanol–water partition coefficient (Wildman–Crippen LogP) is -11.6.